The maximum absolute atomic E-state index is 13.3. The van der Waals surface area contributed by atoms with Gasteiger partial charge in [0.05, 0.1) is 18.6 Å². The van der Waals surface area contributed by atoms with Gasteiger partial charge in [0.1, 0.15) is 5.75 Å². The fourth-order valence-electron chi connectivity index (χ4n) is 3.84. The maximum Gasteiger partial charge on any atom is 0.255 e. The van der Waals surface area contributed by atoms with Crippen LogP contribution in [0, 0.1) is 0 Å². The van der Waals surface area contributed by atoms with Crippen molar-refractivity contribution in [2.24, 2.45) is 5.10 Å². The van der Waals surface area contributed by atoms with Gasteiger partial charge in [-0.15, -0.1) is 0 Å². The topological polar surface area (TPSA) is 88.1 Å². The highest BCUT2D eigenvalue weighted by Gasteiger charge is 2.26. The number of hydrogen-bond acceptors (Lipinski definition) is 5. The van der Waals surface area contributed by atoms with Gasteiger partial charge in [-0.1, -0.05) is 49.6 Å². The summed E-state index contributed by atoms with van der Waals surface area (Å²) in [5.41, 5.74) is 4.58. The number of carbonyl (C=O) groups excluding carboxylic acids is 1. The van der Waals surface area contributed by atoms with E-state index >= 15 is 0 Å². The highest BCUT2D eigenvalue weighted by Crippen LogP contribution is 2.20. The lowest BCUT2D eigenvalue weighted by Gasteiger charge is -2.22. The van der Waals surface area contributed by atoms with E-state index in [-0.39, 0.29) is 18.0 Å². The van der Waals surface area contributed by atoms with Crippen LogP contribution in [0.4, 0.5) is 0 Å². The normalized spacial score (nSPS) is 14.9. The lowest BCUT2D eigenvalue weighted by Crippen LogP contribution is -2.40. The molecule has 33 heavy (non-hydrogen) atoms. The molecule has 1 fully saturated rings. The van der Waals surface area contributed by atoms with E-state index in [1.54, 1.807) is 12.1 Å². The minimum atomic E-state index is -3.88. The Balaban J connectivity index is 1.73. The molecule has 1 aliphatic rings. The Morgan fingerprint density at radius 1 is 0.970 bits per heavy atom. The number of hydrazone groups is 1. The monoisotopic (exact) mass is 471 g/mol. The highest BCUT2D eigenvalue weighted by atomic mass is 32.2. The number of methoxy groups -OCH3 is 1. The average Bonchev–Trinajstić information content (AvgIpc) is 2.81. The number of rotatable bonds is 9. The summed E-state index contributed by atoms with van der Waals surface area (Å²) in [6, 6.07) is 15.8. The number of amides is 1. The molecular weight excluding hydrogens is 438 g/mol. The van der Waals surface area contributed by atoms with Crippen LogP contribution in [0.5, 0.6) is 5.75 Å². The van der Waals surface area contributed by atoms with Gasteiger partial charge in [-0.05, 0) is 61.9 Å². The van der Waals surface area contributed by atoms with E-state index in [2.05, 4.69) is 10.5 Å². The summed E-state index contributed by atoms with van der Waals surface area (Å²) in [6.07, 6.45) is 8.01. The van der Waals surface area contributed by atoms with Crippen LogP contribution in [0.2, 0.25) is 0 Å². The third-order valence-corrected chi connectivity index (χ3v) is 7.64. The molecule has 3 rings (SSSR count). The van der Waals surface area contributed by atoms with Crippen LogP contribution in [-0.2, 0) is 21.2 Å². The molecule has 1 saturated carbocycles. The first-order valence-electron chi connectivity index (χ1n) is 11.5. The van der Waals surface area contributed by atoms with E-state index in [1.165, 1.54) is 42.8 Å². The summed E-state index contributed by atoms with van der Waals surface area (Å²) in [7, 11) is -2.35. The van der Waals surface area contributed by atoms with Gasteiger partial charge in [0.25, 0.3) is 5.91 Å². The third-order valence-electron chi connectivity index (χ3n) is 5.78. The van der Waals surface area contributed by atoms with E-state index in [0.717, 1.165) is 37.0 Å². The van der Waals surface area contributed by atoms with E-state index in [9.17, 15) is 13.2 Å². The summed E-state index contributed by atoms with van der Waals surface area (Å²) >= 11 is 0. The quantitative estimate of drug-likeness (QED) is 0.557. The standard InChI is InChI=1S/C25H33N3O4S/c1-32-23-14-16-24(17-15-23)33(30,31)28(19-18-21-10-6-5-7-11-21)20-25(29)27-26-22-12-8-3-2-4-9-13-22/h5-7,10-11,14-17H,2-4,8-9,12-13,18-20H2,1H3,(H,27,29). The van der Waals surface area contributed by atoms with Crippen molar-refractivity contribution in [3.05, 3.63) is 60.2 Å². The molecule has 2 aromatic carbocycles. The zero-order valence-corrected chi connectivity index (χ0v) is 20.0. The number of benzene rings is 2. The van der Waals surface area contributed by atoms with Crippen molar-refractivity contribution >= 4 is 21.6 Å². The van der Waals surface area contributed by atoms with Gasteiger partial charge in [0.15, 0.2) is 0 Å². The Labute approximate surface area is 196 Å². The SMILES string of the molecule is COc1ccc(S(=O)(=O)N(CCc2ccccc2)CC(=O)NN=C2CCCCCCC2)cc1. The fraction of sp³-hybridized carbons (Fsp3) is 0.440. The molecule has 2 aromatic rings. The second-order valence-electron chi connectivity index (χ2n) is 8.23. The van der Waals surface area contributed by atoms with Crippen LogP contribution < -0.4 is 10.2 Å². The molecule has 178 valence electrons. The molecule has 0 heterocycles. The molecule has 8 heteroatoms. The molecule has 0 aromatic heterocycles. The lowest BCUT2D eigenvalue weighted by molar-refractivity contribution is -0.121. The van der Waals surface area contributed by atoms with Crippen molar-refractivity contribution in [2.75, 3.05) is 20.2 Å². The molecule has 0 saturated heterocycles. The molecule has 0 spiro atoms. The minimum absolute atomic E-state index is 0.121. The predicted octanol–water partition coefficient (Wildman–Crippen LogP) is 4.15. The number of nitrogens with zero attached hydrogens (tertiary/aromatic N) is 2. The summed E-state index contributed by atoms with van der Waals surface area (Å²) in [5, 5.41) is 4.31. The van der Waals surface area contributed by atoms with E-state index < -0.39 is 15.9 Å². The maximum atomic E-state index is 13.3. The second-order valence-corrected chi connectivity index (χ2v) is 10.2. The smallest absolute Gasteiger partial charge is 0.255 e. The zero-order valence-electron chi connectivity index (χ0n) is 19.2. The van der Waals surface area contributed by atoms with Gasteiger partial charge >= 0.3 is 0 Å². The molecule has 0 bridgehead atoms. The van der Waals surface area contributed by atoms with Crippen molar-refractivity contribution in [3.63, 3.8) is 0 Å². The van der Waals surface area contributed by atoms with Crippen molar-refractivity contribution in [3.8, 4) is 5.75 Å². The summed E-state index contributed by atoms with van der Waals surface area (Å²) in [6.45, 7) is -0.111. The fourth-order valence-corrected chi connectivity index (χ4v) is 5.24. The number of sulfonamides is 1. The molecule has 1 amide bonds. The Hall–Kier alpha value is -2.71. The van der Waals surface area contributed by atoms with Crippen molar-refractivity contribution < 1.29 is 17.9 Å². The van der Waals surface area contributed by atoms with Crippen molar-refractivity contribution in [1.29, 1.82) is 0 Å². The Morgan fingerprint density at radius 2 is 1.61 bits per heavy atom. The van der Waals surface area contributed by atoms with Crippen LogP contribution in [0.3, 0.4) is 0 Å². The predicted molar refractivity (Wildman–Crippen MR) is 130 cm³/mol. The molecule has 1 N–H and O–H groups in total. The van der Waals surface area contributed by atoms with Crippen molar-refractivity contribution in [2.45, 2.75) is 56.3 Å². The summed E-state index contributed by atoms with van der Waals surface area (Å²) < 4.78 is 33.0. The van der Waals surface area contributed by atoms with Gasteiger partial charge in [0, 0.05) is 12.3 Å². The first kappa shape index (κ1) is 24.9. The van der Waals surface area contributed by atoms with Gasteiger partial charge in [-0.25, -0.2) is 13.8 Å². The van der Waals surface area contributed by atoms with Crippen LogP contribution in [0.25, 0.3) is 0 Å². The molecule has 0 aliphatic heterocycles. The molecular formula is C25H33N3O4S. The number of carbonyl (C=O) groups is 1. The van der Waals surface area contributed by atoms with Gasteiger partial charge in [-0.3, -0.25) is 4.79 Å². The lowest BCUT2D eigenvalue weighted by atomic mass is 9.99. The molecule has 0 radical (unpaired) electrons. The first-order chi connectivity index (χ1) is 16.0. The van der Waals surface area contributed by atoms with Crippen LogP contribution in [0.1, 0.15) is 50.5 Å². The number of nitrogens with one attached hydrogen (secondary N) is 1. The van der Waals surface area contributed by atoms with Crippen LogP contribution >= 0.6 is 0 Å². The van der Waals surface area contributed by atoms with Gasteiger partial charge < -0.3 is 4.74 Å². The Bertz CT molecular complexity index is 1010. The zero-order chi connectivity index (χ0) is 23.5. The molecule has 0 unspecified atom stereocenters. The number of hydrogen-bond donors (Lipinski definition) is 1. The average molecular weight is 472 g/mol. The van der Waals surface area contributed by atoms with E-state index in [4.69, 9.17) is 4.74 Å². The van der Waals surface area contributed by atoms with Crippen molar-refractivity contribution in [1.82, 2.24) is 9.73 Å². The largest absolute Gasteiger partial charge is 0.497 e. The van der Waals surface area contributed by atoms with Crippen LogP contribution in [0.15, 0.2) is 64.6 Å². The highest BCUT2D eigenvalue weighted by molar-refractivity contribution is 7.89. The number of ether oxygens (including phenoxy) is 1. The van der Waals surface area contributed by atoms with Gasteiger partial charge in [-0.2, -0.15) is 9.41 Å². The summed E-state index contributed by atoms with van der Waals surface area (Å²) in [5.74, 6) is 0.132. The van der Waals surface area contributed by atoms with E-state index in [0.29, 0.717) is 12.2 Å². The molecule has 0 atom stereocenters. The Morgan fingerprint density at radius 3 is 2.24 bits per heavy atom. The Kier molecular flexibility index (Phi) is 9.45. The molecule has 1 aliphatic carbocycles. The van der Waals surface area contributed by atoms with Gasteiger partial charge in [0.2, 0.25) is 10.0 Å². The minimum Gasteiger partial charge on any atom is -0.497 e. The first-order valence-corrected chi connectivity index (χ1v) is 13.0. The third kappa shape index (κ3) is 7.68. The van der Waals surface area contributed by atoms with Crippen LogP contribution in [-0.4, -0.2) is 44.5 Å². The molecule has 7 nitrogen and oxygen atoms in total. The second kappa shape index (κ2) is 12.5. The summed E-state index contributed by atoms with van der Waals surface area (Å²) in [4.78, 5) is 12.8. The van der Waals surface area contributed by atoms with E-state index in [1.807, 2.05) is 30.3 Å².